The number of benzene rings is 1. The number of aromatic amines is 1. The van der Waals surface area contributed by atoms with E-state index in [1.807, 2.05) is 18.2 Å². The third-order valence-electron chi connectivity index (χ3n) is 3.47. The maximum absolute atomic E-state index is 12.5. The van der Waals surface area contributed by atoms with Crippen molar-refractivity contribution in [2.75, 3.05) is 17.2 Å². The van der Waals surface area contributed by atoms with E-state index in [4.69, 9.17) is 5.73 Å². The lowest BCUT2D eigenvalue weighted by Gasteiger charge is -2.29. The lowest BCUT2D eigenvalue weighted by molar-refractivity contribution is 0.0980. The normalized spacial score (nSPS) is 13.9. The first-order chi connectivity index (χ1) is 9.65. The van der Waals surface area contributed by atoms with Gasteiger partial charge in [-0.2, -0.15) is 0 Å². The Balaban J connectivity index is 2.02. The van der Waals surface area contributed by atoms with Crippen molar-refractivity contribution >= 4 is 17.3 Å². The quantitative estimate of drug-likeness (QED) is 0.771. The second-order valence-corrected chi connectivity index (χ2v) is 4.88. The van der Waals surface area contributed by atoms with E-state index >= 15 is 0 Å². The minimum absolute atomic E-state index is 0.200. The molecule has 2 aromatic rings. The molecule has 5 heteroatoms. The Kier molecular flexibility index (Phi) is 3.02. The van der Waals surface area contributed by atoms with Crippen LogP contribution in [0.2, 0.25) is 0 Å². The molecule has 0 bridgehead atoms. The first kappa shape index (κ1) is 12.5. The summed E-state index contributed by atoms with van der Waals surface area (Å²) in [6, 6.07) is 10.2. The molecule has 0 fully saturated rings. The Hall–Kier alpha value is -2.56. The van der Waals surface area contributed by atoms with Crippen LogP contribution in [0.25, 0.3) is 0 Å². The van der Waals surface area contributed by atoms with E-state index in [9.17, 15) is 9.59 Å². The van der Waals surface area contributed by atoms with Crippen LogP contribution in [-0.4, -0.2) is 17.4 Å². The molecule has 0 aliphatic carbocycles. The monoisotopic (exact) mass is 269 g/mol. The standard InChI is InChI=1S/C15H15N3O2/c16-11-7-6-10-3-2-8-18(13(10)9-11)15(20)12-4-1-5-14(19)17-12/h1,4-7,9H,2-3,8,16H2,(H,17,19). The van der Waals surface area contributed by atoms with Crippen molar-refractivity contribution in [3.8, 4) is 0 Å². The third kappa shape index (κ3) is 2.18. The van der Waals surface area contributed by atoms with E-state index < -0.39 is 0 Å². The van der Waals surface area contributed by atoms with Crippen LogP contribution in [-0.2, 0) is 6.42 Å². The summed E-state index contributed by atoms with van der Waals surface area (Å²) in [7, 11) is 0. The van der Waals surface area contributed by atoms with Gasteiger partial charge in [-0.3, -0.25) is 9.59 Å². The van der Waals surface area contributed by atoms with Crippen molar-refractivity contribution in [1.82, 2.24) is 4.98 Å². The summed E-state index contributed by atoms with van der Waals surface area (Å²) in [5, 5.41) is 0. The largest absolute Gasteiger partial charge is 0.399 e. The number of amides is 1. The number of aromatic nitrogens is 1. The van der Waals surface area contributed by atoms with Gasteiger partial charge in [-0.15, -0.1) is 0 Å². The molecule has 1 aromatic heterocycles. The molecule has 0 saturated carbocycles. The molecule has 102 valence electrons. The van der Waals surface area contributed by atoms with Crippen molar-refractivity contribution in [2.24, 2.45) is 0 Å². The van der Waals surface area contributed by atoms with Crippen LogP contribution in [0.5, 0.6) is 0 Å². The van der Waals surface area contributed by atoms with Gasteiger partial charge in [-0.1, -0.05) is 12.1 Å². The number of fused-ring (bicyclic) bond motifs is 1. The molecule has 0 spiro atoms. The molecule has 1 aliphatic rings. The van der Waals surface area contributed by atoms with E-state index in [0.717, 1.165) is 24.1 Å². The summed E-state index contributed by atoms with van der Waals surface area (Å²) < 4.78 is 0. The average molecular weight is 269 g/mol. The Bertz CT molecular complexity index is 721. The van der Waals surface area contributed by atoms with Crippen LogP contribution in [0.15, 0.2) is 41.2 Å². The molecule has 20 heavy (non-hydrogen) atoms. The summed E-state index contributed by atoms with van der Waals surface area (Å²) >= 11 is 0. The van der Waals surface area contributed by atoms with Crippen molar-refractivity contribution < 1.29 is 4.79 Å². The number of nitrogens with one attached hydrogen (secondary N) is 1. The van der Waals surface area contributed by atoms with Crippen LogP contribution in [0.4, 0.5) is 11.4 Å². The first-order valence-electron chi connectivity index (χ1n) is 6.55. The molecular weight excluding hydrogens is 254 g/mol. The second-order valence-electron chi connectivity index (χ2n) is 4.88. The Morgan fingerprint density at radius 1 is 1.25 bits per heavy atom. The number of aryl methyl sites for hydroxylation is 1. The number of hydrogen-bond donors (Lipinski definition) is 2. The second kappa shape index (κ2) is 4.85. The Labute approximate surface area is 116 Å². The predicted molar refractivity (Wildman–Crippen MR) is 77.9 cm³/mol. The number of pyridine rings is 1. The summed E-state index contributed by atoms with van der Waals surface area (Å²) in [5.74, 6) is -0.200. The summed E-state index contributed by atoms with van der Waals surface area (Å²) in [6.45, 7) is 0.631. The van der Waals surface area contributed by atoms with E-state index in [1.165, 1.54) is 6.07 Å². The van der Waals surface area contributed by atoms with Crippen LogP contribution < -0.4 is 16.2 Å². The fourth-order valence-corrected chi connectivity index (χ4v) is 2.52. The lowest BCUT2D eigenvalue weighted by Crippen LogP contribution is -2.36. The van der Waals surface area contributed by atoms with Crippen molar-refractivity contribution in [2.45, 2.75) is 12.8 Å². The van der Waals surface area contributed by atoms with E-state index in [-0.39, 0.29) is 11.5 Å². The third-order valence-corrected chi connectivity index (χ3v) is 3.47. The average Bonchev–Trinajstić information content (AvgIpc) is 2.46. The maximum atomic E-state index is 12.5. The van der Waals surface area contributed by atoms with Gasteiger partial charge in [-0.05, 0) is 36.6 Å². The highest BCUT2D eigenvalue weighted by Crippen LogP contribution is 2.29. The lowest BCUT2D eigenvalue weighted by atomic mass is 10.0. The van der Waals surface area contributed by atoms with Gasteiger partial charge < -0.3 is 15.6 Å². The van der Waals surface area contributed by atoms with Crippen LogP contribution >= 0.6 is 0 Å². The summed E-state index contributed by atoms with van der Waals surface area (Å²) in [4.78, 5) is 28.1. The van der Waals surface area contributed by atoms with E-state index in [0.29, 0.717) is 17.9 Å². The summed E-state index contributed by atoms with van der Waals surface area (Å²) in [6.07, 6.45) is 1.84. The predicted octanol–water partition coefficient (Wildman–Crippen LogP) is 1.55. The zero-order chi connectivity index (χ0) is 14.1. The van der Waals surface area contributed by atoms with Crippen LogP contribution in [0, 0.1) is 0 Å². The molecule has 3 N–H and O–H groups in total. The topological polar surface area (TPSA) is 79.2 Å². The zero-order valence-corrected chi connectivity index (χ0v) is 10.9. The molecule has 5 nitrogen and oxygen atoms in total. The number of H-pyrrole nitrogens is 1. The van der Waals surface area contributed by atoms with Gasteiger partial charge in [0.25, 0.3) is 5.91 Å². The smallest absolute Gasteiger partial charge is 0.274 e. The fourth-order valence-electron chi connectivity index (χ4n) is 2.52. The molecule has 3 rings (SSSR count). The molecule has 1 aromatic carbocycles. The zero-order valence-electron chi connectivity index (χ0n) is 10.9. The highest BCUT2D eigenvalue weighted by atomic mass is 16.2. The molecule has 0 saturated heterocycles. The number of rotatable bonds is 1. The maximum Gasteiger partial charge on any atom is 0.274 e. The van der Waals surface area contributed by atoms with Crippen LogP contribution in [0.1, 0.15) is 22.5 Å². The van der Waals surface area contributed by atoms with Crippen molar-refractivity contribution in [3.05, 3.63) is 58.0 Å². The molecule has 1 amide bonds. The minimum atomic E-state index is -0.277. The fraction of sp³-hybridized carbons (Fsp3) is 0.200. The molecule has 1 aliphatic heterocycles. The number of hydrogen-bond acceptors (Lipinski definition) is 3. The SMILES string of the molecule is Nc1ccc2c(c1)N(C(=O)c1cccc(=O)[nH]1)CCC2. The Morgan fingerprint density at radius 2 is 2.10 bits per heavy atom. The summed E-state index contributed by atoms with van der Waals surface area (Å²) in [5.41, 5.74) is 8.41. The number of nitrogens with two attached hydrogens (primary N) is 1. The van der Waals surface area contributed by atoms with Crippen LogP contribution in [0.3, 0.4) is 0 Å². The van der Waals surface area contributed by atoms with E-state index in [1.54, 1.807) is 17.0 Å². The number of nitrogens with zero attached hydrogens (tertiary/aromatic N) is 1. The van der Waals surface area contributed by atoms with Gasteiger partial charge in [0, 0.05) is 24.0 Å². The number of nitrogen functional groups attached to an aromatic ring is 1. The number of anilines is 2. The molecular formula is C15H15N3O2. The van der Waals surface area contributed by atoms with Gasteiger partial charge in [0.15, 0.2) is 0 Å². The van der Waals surface area contributed by atoms with Gasteiger partial charge in [0.05, 0.1) is 0 Å². The highest BCUT2D eigenvalue weighted by Gasteiger charge is 2.24. The highest BCUT2D eigenvalue weighted by molar-refractivity contribution is 6.05. The van der Waals surface area contributed by atoms with Crippen molar-refractivity contribution in [1.29, 1.82) is 0 Å². The first-order valence-corrected chi connectivity index (χ1v) is 6.55. The Morgan fingerprint density at radius 3 is 2.90 bits per heavy atom. The van der Waals surface area contributed by atoms with Crippen molar-refractivity contribution in [3.63, 3.8) is 0 Å². The molecule has 2 heterocycles. The van der Waals surface area contributed by atoms with Gasteiger partial charge in [-0.25, -0.2) is 0 Å². The molecule has 0 radical (unpaired) electrons. The molecule has 0 unspecified atom stereocenters. The number of carbonyl (C=O) groups excluding carboxylic acids is 1. The number of carbonyl (C=O) groups is 1. The molecule has 0 atom stereocenters. The van der Waals surface area contributed by atoms with E-state index in [2.05, 4.69) is 4.98 Å². The van der Waals surface area contributed by atoms with Gasteiger partial charge >= 0.3 is 0 Å². The van der Waals surface area contributed by atoms with Gasteiger partial charge in [0.1, 0.15) is 5.69 Å². The minimum Gasteiger partial charge on any atom is -0.399 e. The van der Waals surface area contributed by atoms with Gasteiger partial charge in [0.2, 0.25) is 5.56 Å².